The highest BCUT2D eigenvalue weighted by Gasteiger charge is 2.20. The first-order valence-electron chi connectivity index (χ1n) is 10.9. The summed E-state index contributed by atoms with van der Waals surface area (Å²) in [6.45, 7) is 8.40. The lowest BCUT2D eigenvalue weighted by atomic mass is 10.2. The second kappa shape index (κ2) is 8.64. The third-order valence-corrected chi connectivity index (χ3v) is 7.15. The zero-order valence-electron chi connectivity index (χ0n) is 18.5. The molecule has 3 aromatic heterocycles. The first-order chi connectivity index (χ1) is 15.8. The number of piperazine rings is 1. The van der Waals surface area contributed by atoms with E-state index in [9.17, 15) is 9.59 Å². The van der Waals surface area contributed by atoms with Crippen molar-refractivity contribution in [2.45, 2.75) is 20.0 Å². The Kier molecular flexibility index (Phi) is 5.82. The van der Waals surface area contributed by atoms with Crippen LogP contribution >= 0.6 is 23.2 Å². The molecule has 11 heteroatoms. The first-order valence-corrected chi connectivity index (χ1v) is 11.6. The highest BCUT2D eigenvalue weighted by molar-refractivity contribution is 6.42. The molecule has 174 valence electrons. The second-order valence-corrected chi connectivity index (χ2v) is 9.38. The molecule has 1 N–H and O–H groups in total. The molecule has 0 aliphatic carbocycles. The lowest BCUT2D eigenvalue weighted by molar-refractivity contribution is 0.124. The van der Waals surface area contributed by atoms with Crippen LogP contribution in [0.15, 0.2) is 34.0 Å². The molecule has 33 heavy (non-hydrogen) atoms. The molecule has 1 aromatic carbocycles. The van der Waals surface area contributed by atoms with Gasteiger partial charge in [-0.05, 0) is 24.6 Å². The molecule has 1 saturated heterocycles. The molecule has 1 fully saturated rings. The Hall–Kier alpha value is -2.59. The van der Waals surface area contributed by atoms with E-state index in [1.54, 1.807) is 11.4 Å². The number of H-pyrrole nitrogens is 1. The van der Waals surface area contributed by atoms with Gasteiger partial charge in [-0.3, -0.25) is 28.5 Å². The fourth-order valence-electron chi connectivity index (χ4n) is 4.50. The Morgan fingerprint density at radius 2 is 1.76 bits per heavy atom. The summed E-state index contributed by atoms with van der Waals surface area (Å²) in [5.41, 5.74) is 2.09. The summed E-state index contributed by atoms with van der Waals surface area (Å²) in [4.78, 5) is 36.1. The van der Waals surface area contributed by atoms with Gasteiger partial charge >= 0.3 is 5.69 Å². The number of hydrogen-bond donors (Lipinski definition) is 1. The van der Waals surface area contributed by atoms with Gasteiger partial charge in [-0.2, -0.15) is 4.98 Å². The van der Waals surface area contributed by atoms with Crippen molar-refractivity contribution in [2.24, 2.45) is 7.05 Å². The number of aromatic amines is 1. The van der Waals surface area contributed by atoms with E-state index in [1.807, 2.05) is 31.3 Å². The molecule has 0 saturated carbocycles. The van der Waals surface area contributed by atoms with Crippen molar-refractivity contribution in [3.63, 3.8) is 0 Å². The number of fused-ring (bicyclic) bond motifs is 3. The van der Waals surface area contributed by atoms with Crippen molar-refractivity contribution >= 4 is 40.1 Å². The quantitative estimate of drug-likeness (QED) is 0.464. The zero-order valence-corrected chi connectivity index (χ0v) is 20.0. The summed E-state index contributed by atoms with van der Waals surface area (Å²) in [5, 5.41) is 1.17. The van der Waals surface area contributed by atoms with Crippen molar-refractivity contribution in [3.8, 4) is 0 Å². The van der Waals surface area contributed by atoms with Gasteiger partial charge in [0.15, 0.2) is 11.2 Å². The van der Waals surface area contributed by atoms with Crippen LogP contribution in [0.5, 0.6) is 0 Å². The van der Waals surface area contributed by atoms with Crippen LogP contribution in [0.25, 0.3) is 16.9 Å². The average molecular weight is 490 g/mol. The smallest absolute Gasteiger partial charge is 0.313 e. The van der Waals surface area contributed by atoms with Gasteiger partial charge in [0.1, 0.15) is 0 Å². The van der Waals surface area contributed by atoms with E-state index in [2.05, 4.69) is 24.3 Å². The molecular formula is C22H25Cl2N7O2. The fraction of sp³-hybridized carbons (Fsp3) is 0.409. The Labute approximate surface area is 199 Å². The molecule has 0 radical (unpaired) electrons. The van der Waals surface area contributed by atoms with Crippen molar-refractivity contribution < 1.29 is 0 Å². The summed E-state index contributed by atoms with van der Waals surface area (Å²) in [6.07, 6.45) is 1.90. The molecule has 5 rings (SSSR count). The standard InChI is InChI=1S/C22H25Cl2N7O2/c1-14-12-31-18-19(27(2)22(33)26-20(18)32)25-21(31)30(14)10-9-28-5-7-29(8-6-28)13-15-3-4-16(23)17(24)11-15/h3-4,11-12H,5-10,13H2,1-2H3,(H,26,32,33). The van der Waals surface area contributed by atoms with Crippen LogP contribution in [0.2, 0.25) is 10.0 Å². The van der Waals surface area contributed by atoms with Crippen LogP contribution in [-0.4, -0.2) is 66.0 Å². The largest absolute Gasteiger partial charge is 0.329 e. The summed E-state index contributed by atoms with van der Waals surface area (Å²) < 4.78 is 5.25. The minimum absolute atomic E-state index is 0.392. The topological polar surface area (TPSA) is 83.6 Å². The number of nitrogens with one attached hydrogen (secondary N) is 1. The predicted molar refractivity (Wildman–Crippen MR) is 129 cm³/mol. The average Bonchev–Trinajstić information content (AvgIpc) is 3.29. The Balaban J connectivity index is 1.26. The summed E-state index contributed by atoms with van der Waals surface area (Å²) >= 11 is 12.2. The van der Waals surface area contributed by atoms with E-state index in [1.165, 1.54) is 10.1 Å². The van der Waals surface area contributed by atoms with Crippen molar-refractivity contribution in [1.82, 2.24) is 33.3 Å². The van der Waals surface area contributed by atoms with Crippen LogP contribution in [0.4, 0.5) is 0 Å². The van der Waals surface area contributed by atoms with Gasteiger partial charge in [0.2, 0.25) is 5.78 Å². The van der Waals surface area contributed by atoms with Crippen LogP contribution < -0.4 is 11.2 Å². The summed E-state index contributed by atoms with van der Waals surface area (Å²) in [6, 6.07) is 5.81. The molecule has 0 bridgehead atoms. The van der Waals surface area contributed by atoms with Crippen LogP contribution in [0.1, 0.15) is 11.3 Å². The Bertz CT molecular complexity index is 1460. The number of benzene rings is 1. The minimum Gasteiger partial charge on any atom is -0.313 e. The number of aromatic nitrogens is 5. The van der Waals surface area contributed by atoms with Gasteiger partial charge in [-0.1, -0.05) is 29.3 Å². The number of nitrogens with zero attached hydrogens (tertiary/aromatic N) is 6. The third kappa shape index (κ3) is 4.10. The van der Waals surface area contributed by atoms with E-state index in [-0.39, 0.29) is 0 Å². The van der Waals surface area contributed by atoms with Gasteiger partial charge in [-0.15, -0.1) is 0 Å². The van der Waals surface area contributed by atoms with E-state index in [4.69, 9.17) is 23.2 Å². The number of rotatable bonds is 5. The molecule has 1 aliphatic rings. The zero-order chi connectivity index (χ0) is 23.3. The predicted octanol–water partition coefficient (Wildman–Crippen LogP) is 2.11. The molecule has 0 amide bonds. The van der Waals surface area contributed by atoms with Crippen molar-refractivity contribution in [2.75, 3.05) is 32.7 Å². The number of hydrogen-bond acceptors (Lipinski definition) is 5. The lowest BCUT2D eigenvalue weighted by Gasteiger charge is -2.34. The minimum atomic E-state index is -0.463. The van der Waals surface area contributed by atoms with E-state index in [0.717, 1.165) is 51.5 Å². The maximum atomic E-state index is 12.4. The first kappa shape index (κ1) is 22.2. The lowest BCUT2D eigenvalue weighted by Crippen LogP contribution is -2.46. The number of imidazole rings is 2. The maximum absolute atomic E-state index is 12.4. The maximum Gasteiger partial charge on any atom is 0.329 e. The monoisotopic (exact) mass is 489 g/mol. The molecule has 4 heterocycles. The van der Waals surface area contributed by atoms with Crippen LogP contribution in [0.3, 0.4) is 0 Å². The van der Waals surface area contributed by atoms with E-state index >= 15 is 0 Å². The summed E-state index contributed by atoms with van der Waals surface area (Å²) in [7, 11) is 1.61. The molecule has 0 atom stereocenters. The number of halogens is 2. The van der Waals surface area contributed by atoms with E-state index < -0.39 is 11.2 Å². The normalized spacial score (nSPS) is 15.8. The molecule has 0 spiro atoms. The molecule has 9 nitrogen and oxygen atoms in total. The van der Waals surface area contributed by atoms with Gasteiger partial charge in [0.25, 0.3) is 5.56 Å². The second-order valence-electron chi connectivity index (χ2n) is 8.56. The molecule has 1 aliphatic heterocycles. The van der Waals surface area contributed by atoms with Gasteiger partial charge in [0.05, 0.1) is 10.0 Å². The third-order valence-electron chi connectivity index (χ3n) is 6.41. The highest BCUT2D eigenvalue weighted by atomic mass is 35.5. The number of aryl methyl sites for hydroxylation is 2. The van der Waals surface area contributed by atoms with Crippen molar-refractivity contribution in [1.29, 1.82) is 0 Å². The highest BCUT2D eigenvalue weighted by Crippen LogP contribution is 2.23. The fourth-order valence-corrected chi connectivity index (χ4v) is 4.82. The molecular weight excluding hydrogens is 465 g/mol. The Morgan fingerprint density at radius 3 is 2.48 bits per heavy atom. The van der Waals surface area contributed by atoms with Gasteiger partial charge in [-0.25, -0.2) is 4.79 Å². The van der Waals surface area contributed by atoms with Crippen molar-refractivity contribution in [3.05, 3.63) is 66.5 Å². The Morgan fingerprint density at radius 1 is 1.03 bits per heavy atom. The van der Waals surface area contributed by atoms with Gasteiger partial charge < -0.3 is 4.57 Å². The summed E-state index contributed by atoms with van der Waals surface area (Å²) in [5.74, 6) is 0.674. The van der Waals surface area contributed by atoms with Crippen LogP contribution in [0, 0.1) is 6.92 Å². The van der Waals surface area contributed by atoms with Gasteiger partial charge in [0, 0.05) is 64.8 Å². The molecule has 4 aromatic rings. The SMILES string of the molecule is Cc1cn2c3c(=O)[nH]c(=O)n(C)c3nc2n1CCN1CCN(Cc2ccc(Cl)c(Cl)c2)CC1. The van der Waals surface area contributed by atoms with Crippen LogP contribution in [-0.2, 0) is 20.1 Å². The van der Waals surface area contributed by atoms with E-state index in [0.29, 0.717) is 27.0 Å². The molecule has 0 unspecified atom stereocenters.